The molecule has 28 heteroatoms. The number of rotatable bonds is 7. The molecule has 5 aromatic carbocycles. The maximum Gasteiger partial charge on any atom is 0.416 e. The van der Waals surface area contributed by atoms with Crippen LogP contribution in [0.2, 0.25) is 0 Å². The molecule has 0 fully saturated rings. The molecule has 1 aliphatic rings. The van der Waals surface area contributed by atoms with E-state index in [9.17, 15) is 110 Å². The fourth-order valence-electron chi connectivity index (χ4n) is 8.37. The summed E-state index contributed by atoms with van der Waals surface area (Å²) in [5.41, 5.74) is -27.1. The van der Waals surface area contributed by atoms with Crippen LogP contribution in [0, 0.1) is 0 Å². The molecular weight excluding hydrogens is 1080 g/mol. The van der Waals surface area contributed by atoms with Gasteiger partial charge in [-0.1, -0.05) is 78.9 Å². The molecule has 6 rings (SSSR count). The minimum absolute atomic E-state index is 0.159. The van der Waals surface area contributed by atoms with Crippen molar-refractivity contribution in [1.29, 1.82) is 0 Å². The lowest BCUT2D eigenvalue weighted by atomic mass is 9.12. The smallest absolute Gasteiger partial charge is 0.365 e. The molecule has 0 aliphatic carbocycles. The molecule has 406 valence electrons. The lowest BCUT2D eigenvalue weighted by Crippen LogP contribution is -2.75. The molecule has 1 heterocycles. The highest BCUT2D eigenvalue weighted by Gasteiger charge is 2.47. The third-order valence-corrected chi connectivity index (χ3v) is 11.6. The van der Waals surface area contributed by atoms with Crippen LogP contribution in [0.5, 0.6) is 0 Å². The molecule has 0 N–H and O–H groups in total. The molecule has 0 saturated carbocycles. The van der Waals surface area contributed by atoms with Gasteiger partial charge >= 0.3 is 49.4 Å². The molecular formula is C47H31BF24N2O. The average molecular weight is 1110 g/mol. The number of benzene rings is 5. The van der Waals surface area contributed by atoms with Crippen molar-refractivity contribution in [2.45, 2.75) is 63.3 Å². The van der Waals surface area contributed by atoms with Crippen molar-refractivity contribution >= 4 is 39.5 Å². The summed E-state index contributed by atoms with van der Waals surface area (Å²) >= 11 is 0. The van der Waals surface area contributed by atoms with E-state index in [-0.39, 0.29) is 5.78 Å². The first-order valence-corrected chi connectivity index (χ1v) is 20.8. The lowest BCUT2D eigenvalue weighted by Gasteiger charge is -2.46. The summed E-state index contributed by atoms with van der Waals surface area (Å²) in [6.07, 6.45) is -52.7. The largest absolute Gasteiger partial charge is 0.416 e. The van der Waals surface area contributed by atoms with E-state index in [1.807, 2.05) is 44.3 Å². The fourth-order valence-corrected chi connectivity index (χ4v) is 8.37. The Labute approximate surface area is 407 Å². The van der Waals surface area contributed by atoms with Gasteiger partial charge in [0, 0.05) is 26.5 Å². The maximum absolute atomic E-state index is 14.2. The highest BCUT2D eigenvalue weighted by atomic mass is 19.4. The van der Waals surface area contributed by atoms with Crippen molar-refractivity contribution in [2.24, 2.45) is 0 Å². The van der Waals surface area contributed by atoms with Crippen molar-refractivity contribution in [1.82, 2.24) is 4.90 Å². The summed E-state index contributed by atoms with van der Waals surface area (Å²) in [4.78, 5) is 14.3. The molecule has 5 aromatic rings. The zero-order chi connectivity index (χ0) is 57.0. The van der Waals surface area contributed by atoms with Gasteiger partial charge in [0.15, 0.2) is 11.4 Å². The Bertz CT molecular complexity index is 2550. The fraction of sp³-hybridized carbons (Fsp3) is 0.277. The Morgan fingerprint density at radius 2 is 0.667 bits per heavy atom. The van der Waals surface area contributed by atoms with Crippen molar-refractivity contribution < 1.29 is 115 Å². The van der Waals surface area contributed by atoms with E-state index in [0.29, 0.717) is 6.54 Å². The Kier molecular flexibility index (Phi) is 15.9. The van der Waals surface area contributed by atoms with Crippen LogP contribution in [0.1, 0.15) is 68.7 Å². The zero-order valence-corrected chi connectivity index (χ0v) is 37.8. The molecule has 1 aliphatic heterocycles. The quantitative estimate of drug-likeness (QED) is 0.0702. The number of carbonyl (C=O) groups is 1. The normalized spacial score (nSPS) is 14.7. The van der Waals surface area contributed by atoms with Crippen LogP contribution in [-0.4, -0.2) is 47.3 Å². The summed E-state index contributed by atoms with van der Waals surface area (Å²) in [6.45, 7) is 5.41. The van der Waals surface area contributed by atoms with Gasteiger partial charge in [0.1, 0.15) is 6.15 Å². The molecule has 0 aromatic heterocycles. The number of nitrogens with zero attached hydrogens (tertiary/aromatic N) is 2. The second kappa shape index (κ2) is 20.1. The van der Waals surface area contributed by atoms with Crippen LogP contribution in [0.25, 0.3) is 0 Å². The number of carbonyl (C=O) groups excluding carboxylic acids is 1. The standard InChI is InChI=1S/C32H12BF24.C15H19N2O/c34-25(35,36)13-1-14(26(37,38)39)6-21(5-13)33(22-7-15(27(40,41)42)2-16(8-22)28(43,44)45,23-9-17(29(46,47)48)3-18(10-23)30(49,50)51)24-11-19(31(52,53)54)4-20(12-24)32(55,56)57;1-12-9-16(3)10-13(2)17(12)11-15(18)14-7-5-4-6-8-14/h1-12H;4-9H,10-11H2,1-3H3/q-1;+1. The zero-order valence-electron chi connectivity index (χ0n) is 37.8. The Hall–Kier alpha value is -6.64. The van der Waals surface area contributed by atoms with Gasteiger partial charge in [-0.2, -0.15) is 132 Å². The minimum Gasteiger partial charge on any atom is -0.365 e. The van der Waals surface area contributed by atoms with Gasteiger partial charge in [-0.15, -0.1) is 0 Å². The molecule has 0 unspecified atom stereocenters. The number of allylic oxidation sites excluding steroid dienone is 1. The molecule has 0 bridgehead atoms. The highest BCUT2D eigenvalue weighted by molar-refractivity contribution is 7.20. The molecule has 0 atom stereocenters. The van der Waals surface area contributed by atoms with Gasteiger partial charge in [0.25, 0.3) is 0 Å². The van der Waals surface area contributed by atoms with Crippen LogP contribution in [0.4, 0.5) is 105 Å². The van der Waals surface area contributed by atoms with Gasteiger partial charge in [-0.05, 0) is 24.3 Å². The first-order valence-electron chi connectivity index (χ1n) is 20.8. The van der Waals surface area contributed by atoms with Crippen molar-refractivity contribution in [3.8, 4) is 0 Å². The van der Waals surface area contributed by atoms with Crippen molar-refractivity contribution in [3.05, 3.63) is 165 Å². The molecule has 0 saturated heterocycles. The van der Waals surface area contributed by atoms with Gasteiger partial charge in [0.2, 0.25) is 12.3 Å². The highest BCUT2D eigenvalue weighted by Crippen LogP contribution is 2.41. The number of alkyl halides is 24. The van der Waals surface area contributed by atoms with E-state index in [1.54, 1.807) is 0 Å². The van der Waals surface area contributed by atoms with Crippen LogP contribution in [-0.2, 0) is 49.4 Å². The van der Waals surface area contributed by atoms with Crippen LogP contribution < -0.4 is 21.9 Å². The van der Waals surface area contributed by atoms with E-state index in [1.165, 1.54) is 5.71 Å². The Balaban J connectivity index is 0.000000483. The number of halogens is 24. The van der Waals surface area contributed by atoms with Crippen LogP contribution in [0.15, 0.2) is 115 Å². The topological polar surface area (TPSA) is 23.3 Å². The molecule has 0 spiro atoms. The van der Waals surface area contributed by atoms with Gasteiger partial charge < -0.3 is 4.90 Å². The average Bonchev–Trinajstić information content (AvgIpc) is 3.25. The molecule has 0 radical (unpaired) electrons. The van der Waals surface area contributed by atoms with Crippen molar-refractivity contribution in [3.63, 3.8) is 0 Å². The first kappa shape index (κ1) is 59.2. The summed E-state index contributed by atoms with van der Waals surface area (Å²) in [5.74, 6) is 0.159. The second-order valence-electron chi connectivity index (χ2n) is 17.0. The Morgan fingerprint density at radius 1 is 0.427 bits per heavy atom. The maximum atomic E-state index is 14.2. The van der Waals surface area contributed by atoms with Crippen LogP contribution in [0.3, 0.4) is 0 Å². The SMILES string of the molecule is CC1=CN(C)CC(C)=[N+]1CC(=O)c1ccccc1.FC(F)(F)c1cc([B-](c2cc(C(F)(F)F)cc(C(F)(F)F)c2)(c2cc(C(F)(F)F)cc(C(F)(F)F)c2)c2cc(C(F)(F)F)cc(C(F)(F)F)c2)cc(C(F)(F)F)c1. The van der Waals surface area contributed by atoms with Gasteiger partial charge in [0.05, 0.1) is 57.3 Å². The summed E-state index contributed by atoms with van der Waals surface area (Å²) < 4.78 is 343. The van der Waals surface area contributed by atoms with E-state index >= 15 is 0 Å². The summed E-state index contributed by atoms with van der Waals surface area (Å²) in [6, 6.07) is 0.650. The third-order valence-electron chi connectivity index (χ3n) is 11.6. The van der Waals surface area contributed by atoms with Crippen molar-refractivity contribution in [2.75, 3.05) is 20.1 Å². The monoisotopic (exact) mass is 1110 g/mol. The predicted molar refractivity (Wildman–Crippen MR) is 223 cm³/mol. The van der Waals surface area contributed by atoms with E-state index in [4.69, 9.17) is 0 Å². The first-order chi connectivity index (χ1) is 33.8. The second-order valence-corrected chi connectivity index (χ2v) is 17.0. The predicted octanol–water partition coefficient (Wildman–Crippen LogP) is 13.4. The Morgan fingerprint density at radius 3 is 0.880 bits per heavy atom. The number of Topliss-reactive ketones (excluding diaryl/α,β-unsaturated/α-hetero) is 1. The third kappa shape index (κ3) is 13.6. The minimum atomic E-state index is -6.13. The summed E-state index contributed by atoms with van der Waals surface area (Å²) in [7, 11) is 2.04. The number of hydrogen-bond acceptors (Lipinski definition) is 2. The number of hydrogen-bond donors (Lipinski definition) is 0. The van der Waals surface area contributed by atoms with E-state index in [0.717, 1.165) is 17.8 Å². The molecule has 75 heavy (non-hydrogen) atoms. The molecule has 3 nitrogen and oxygen atoms in total. The lowest BCUT2D eigenvalue weighted by molar-refractivity contribution is -0.467. The van der Waals surface area contributed by atoms with Gasteiger partial charge in [-0.3, -0.25) is 4.79 Å². The van der Waals surface area contributed by atoms with E-state index < -0.39 is 195 Å². The van der Waals surface area contributed by atoms with Gasteiger partial charge in [-0.25, -0.2) is 0 Å². The summed E-state index contributed by atoms with van der Waals surface area (Å²) in [5, 5.41) is 0. The number of ketones is 1. The van der Waals surface area contributed by atoms with E-state index in [2.05, 4.69) is 22.6 Å². The van der Waals surface area contributed by atoms with Crippen LogP contribution >= 0.6 is 0 Å². The molecule has 0 amide bonds.